The standard InChI is InChI=1S/C19H21Cl2NO2/c20-16-9-15(19(24)10-17(16)21)11-22-7-6-13(12-23)8-18(22)14-4-2-1-3-5-14/h1-5,9-10,13,18,23-24H,6-8,11-12H2/t13-,18?/m1/s1. The largest absolute Gasteiger partial charge is 0.508 e. The van der Waals surface area contributed by atoms with Crippen LogP contribution in [0.4, 0.5) is 0 Å². The minimum Gasteiger partial charge on any atom is -0.508 e. The van der Waals surface area contributed by atoms with Crippen molar-refractivity contribution in [3.8, 4) is 5.75 Å². The van der Waals surface area contributed by atoms with Gasteiger partial charge in [0.15, 0.2) is 0 Å². The first-order chi connectivity index (χ1) is 11.6. The molecule has 0 saturated carbocycles. The van der Waals surface area contributed by atoms with E-state index in [4.69, 9.17) is 23.2 Å². The Morgan fingerprint density at radius 2 is 1.79 bits per heavy atom. The Bertz CT molecular complexity index is 693. The summed E-state index contributed by atoms with van der Waals surface area (Å²) < 4.78 is 0. The molecule has 1 unspecified atom stereocenters. The first-order valence-electron chi connectivity index (χ1n) is 8.15. The van der Waals surface area contributed by atoms with Gasteiger partial charge in [0.05, 0.1) is 10.0 Å². The van der Waals surface area contributed by atoms with Crippen LogP contribution in [0.5, 0.6) is 5.75 Å². The molecule has 2 aromatic carbocycles. The Hall–Kier alpha value is -1.26. The van der Waals surface area contributed by atoms with Crippen LogP contribution in [-0.4, -0.2) is 28.3 Å². The summed E-state index contributed by atoms with van der Waals surface area (Å²) in [4.78, 5) is 2.33. The molecule has 1 aliphatic heterocycles. The zero-order chi connectivity index (χ0) is 17.1. The third-order valence-corrected chi connectivity index (χ3v) is 5.48. The Labute approximate surface area is 152 Å². The molecule has 1 fully saturated rings. The predicted molar refractivity (Wildman–Crippen MR) is 97.5 cm³/mol. The summed E-state index contributed by atoms with van der Waals surface area (Å²) in [5.41, 5.74) is 2.00. The summed E-state index contributed by atoms with van der Waals surface area (Å²) in [6.07, 6.45) is 1.85. The highest BCUT2D eigenvalue weighted by Gasteiger charge is 2.29. The summed E-state index contributed by atoms with van der Waals surface area (Å²) in [6.45, 7) is 1.68. The topological polar surface area (TPSA) is 43.7 Å². The van der Waals surface area contributed by atoms with Crippen molar-refractivity contribution in [1.82, 2.24) is 4.90 Å². The zero-order valence-electron chi connectivity index (χ0n) is 13.3. The van der Waals surface area contributed by atoms with Gasteiger partial charge in [-0.15, -0.1) is 0 Å². The fourth-order valence-corrected chi connectivity index (χ4v) is 3.73. The lowest BCUT2D eigenvalue weighted by molar-refractivity contribution is 0.0742. The molecule has 2 N–H and O–H groups in total. The molecule has 1 aliphatic rings. The third kappa shape index (κ3) is 3.86. The number of aromatic hydroxyl groups is 1. The van der Waals surface area contributed by atoms with Crippen molar-refractivity contribution in [3.05, 3.63) is 63.6 Å². The molecule has 2 aromatic rings. The van der Waals surface area contributed by atoms with E-state index >= 15 is 0 Å². The molecule has 1 heterocycles. The first kappa shape index (κ1) is 17.6. The fraction of sp³-hybridized carbons (Fsp3) is 0.368. The summed E-state index contributed by atoms with van der Waals surface area (Å²) in [5.74, 6) is 0.481. The number of phenolic OH excluding ortho intramolecular Hbond substituents is 1. The molecule has 5 heteroatoms. The maximum Gasteiger partial charge on any atom is 0.121 e. The van der Waals surface area contributed by atoms with Crippen LogP contribution in [0.3, 0.4) is 0 Å². The van der Waals surface area contributed by atoms with E-state index in [0.717, 1.165) is 24.9 Å². The number of nitrogens with zero attached hydrogens (tertiary/aromatic N) is 1. The fourth-order valence-electron chi connectivity index (χ4n) is 3.39. The molecule has 2 atom stereocenters. The quantitative estimate of drug-likeness (QED) is 0.828. The smallest absolute Gasteiger partial charge is 0.121 e. The molecular weight excluding hydrogens is 345 g/mol. The Kier molecular flexibility index (Phi) is 5.67. The van der Waals surface area contributed by atoms with Gasteiger partial charge in [0.1, 0.15) is 5.75 Å². The summed E-state index contributed by atoms with van der Waals surface area (Å²) in [6, 6.07) is 13.8. The number of hydrogen-bond acceptors (Lipinski definition) is 3. The van der Waals surface area contributed by atoms with Gasteiger partial charge in [-0.3, -0.25) is 4.90 Å². The van der Waals surface area contributed by atoms with E-state index in [0.29, 0.717) is 22.5 Å². The molecule has 0 bridgehead atoms. The normalized spacial score (nSPS) is 21.8. The van der Waals surface area contributed by atoms with Crippen molar-refractivity contribution in [2.75, 3.05) is 13.2 Å². The van der Waals surface area contributed by atoms with E-state index in [2.05, 4.69) is 17.0 Å². The van der Waals surface area contributed by atoms with Crippen molar-refractivity contribution in [2.45, 2.75) is 25.4 Å². The van der Waals surface area contributed by atoms with E-state index in [1.54, 1.807) is 6.07 Å². The van der Waals surface area contributed by atoms with E-state index in [-0.39, 0.29) is 18.4 Å². The van der Waals surface area contributed by atoms with Crippen LogP contribution >= 0.6 is 23.2 Å². The average molecular weight is 366 g/mol. The molecule has 0 spiro atoms. The van der Waals surface area contributed by atoms with Crippen LogP contribution < -0.4 is 0 Å². The summed E-state index contributed by atoms with van der Waals surface area (Å²) in [5, 5.41) is 20.6. The second-order valence-corrected chi connectivity index (χ2v) is 7.18. The second kappa shape index (κ2) is 7.75. The summed E-state index contributed by atoms with van der Waals surface area (Å²) >= 11 is 12.1. The van der Waals surface area contributed by atoms with Crippen LogP contribution in [0.25, 0.3) is 0 Å². The third-order valence-electron chi connectivity index (χ3n) is 4.76. The van der Waals surface area contributed by atoms with Crippen molar-refractivity contribution >= 4 is 23.2 Å². The van der Waals surface area contributed by atoms with Gasteiger partial charge in [-0.2, -0.15) is 0 Å². The van der Waals surface area contributed by atoms with Gasteiger partial charge in [0, 0.05) is 30.8 Å². The van der Waals surface area contributed by atoms with Crippen molar-refractivity contribution < 1.29 is 10.2 Å². The number of rotatable bonds is 4. The number of piperidine rings is 1. The Morgan fingerprint density at radius 3 is 2.50 bits per heavy atom. The SMILES string of the molecule is OC[C@@H]1CCN(Cc2cc(Cl)c(Cl)cc2O)C(c2ccccc2)C1. The van der Waals surface area contributed by atoms with Crippen LogP contribution in [0.2, 0.25) is 10.0 Å². The lowest BCUT2D eigenvalue weighted by Crippen LogP contribution is -2.37. The van der Waals surface area contributed by atoms with Gasteiger partial charge >= 0.3 is 0 Å². The van der Waals surface area contributed by atoms with E-state index in [1.165, 1.54) is 11.6 Å². The van der Waals surface area contributed by atoms with Crippen molar-refractivity contribution in [2.24, 2.45) is 5.92 Å². The van der Waals surface area contributed by atoms with E-state index in [1.807, 2.05) is 18.2 Å². The van der Waals surface area contributed by atoms with Gasteiger partial charge in [0.25, 0.3) is 0 Å². The number of hydrogen-bond donors (Lipinski definition) is 2. The zero-order valence-corrected chi connectivity index (χ0v) is 14.8. The first-order valence-corrected chi connectivity index (χ1v) is 8.90. The lowest BCUT2D eigenvalue weighted by atomic mass is 9.87. The molecule has 1 saturated heterocycles. The van der Waals surface area contributed by atoms with Crippen molar-refractivity contribution in [1.29, 1.82) is 0 Å². The van der Waals surface area contributed by atoms with Gasteiger partial charge < -0.3 is 10.2 Å². The van der Waals surface area contributed by atoms with Crippen LogP contribution in [0.15, 0.2) is 42.5 Å². The molecule has 128 valence electrons. The van der Waals surface area contributed by atoms with Gasteiger partial charge in [-0.25, -0.2) is 0 Å². The van der Waals surface area contributed by atoms with Crippen LogP contribution in [-0.2, 0) is 6.54 Å². The molecular formula is C19H21Cl2NO2. The number of aliphatic hydroxyl groups excluding tert-OH is 1. The number of halogens is 2. The maximum absolute atomic E-state index is 10.2. The second-order valence-electron chi connectivity index (χ2n) is 6.36. The van der Waals surface area contributed by atoms with Crippen LogP contribution in [0.1, 0.15) is 30.0 Å². The highest BCUT2D eigenvalue weighted by atomic mass is 35.5. The number of benzene rings is 2. The maximum atomic E-state index is 10.2. The molecule has 24 heavy (non-hydrogen) atoms. The number of likely N-dealkylation sites (tertiary alicyclic amines) is 1. The van der Waals surface area contributed by atoms with Gasteiger partial charge in [0.2, 0.25) is 0 Å². The Morgan fingerprint density at radius 1 is 1.08 bits per heavy atom. The van der Waals surface area contributed by atoms with E-state index < -0.39 is 0 Å². The monoisotopic (exact) mass is 365 g/mol. The minimum atomic E-state index is 0.167. The Balaban J connectivity index is 1.86. The molecule has 0 amide bonds. The highest BCUT2D eigenvalue weighted by molar-refractivity contribution is 6.42. The predicted octanol–water partition coefficient (Wildman–Crippen LogP) is 4.64. The molecule has 3 nitrogen and oxygen atoms in total. The lowest BCUT2D eigenvalue weighted by Gasteiger charge is -2.39. The van der Waals surface area contributed by atoms with Gasteiger partial charge in [-0.05, 0) is 36.9 Å². The van der Waals surface area contributed by atoms with Crippen molar-refractivity contribution in [3.63, 3.8) is 0 Å². The summed E-state index contributed by atoms with van der Waals surface area (Å²) in [7, 11) is 0. The molecule has 0 aromatic heterocycles. The van der Waals surface area contributed by atoms with Gasteiger partial charge in [-0.1, -0.05) is 53.5 Å². The number of aliphatic hydroxyl groups is 1. The molecule has 0 radical (unpaired) electrons. The average Bonchev–Trinajstić information content (AvgIpc) is 2.60. The number of phenols is 1. The minimum absolute atomic E-state index is 0.167. The molecule has 0 aliphatic carbocycles. The molecule has 3 rings (SSSR count). The van der Waals surface area contributed by atoms with Crippen LogP contribution in [0, 0.1) is 5.92 Å². The van der Waals surface area contributed by atoms with E-state index in [9.17, 15) is 10.2 Å². The highest BCUT2D eigenvalue weighted by Crippen LogP contribution is 2.37.